The van der Waals surface area contributed by atoms with Crippen molar-refractivity contribution in [3.05, 3.63) is 85.1 Å². The third-order valence-electron chi connectivity index (χ3n) is 10.5. The Morgan fingerprint density at radius 1 is 0.525 bits per heavy atom. The Morgan fingerprint density at radius 3 is 1.56 bits per heavy atom. The quantitative estimate of drug-likeness (QED) is 0.0247. The fourth-order valence-corrected chi connectivity index (χ4v) is 6.83. The number of hydrogen-bond donors (Lipinski definition) is 3. The molecule has 0 fully saturated rings. The highest BCUT2D eigenvalue weighted by Crippen LogP contribution is 2.17. The first-order chi connectivity index (χ1) is 29.0. The van der Waals surface area contributed by atoms with Crippen molar-refractivity contribution in [3.8, 4) is 0 Å². The number of aliphatic hydroxyl groups is 2. The van der Waals surface area contributed by atoms with Crippen LogP contribution in [0, 0.1) is 0 Å². The predicted octanol–water partition coefficient (Wildman–Crippen LogP) is 14.4. The summed E-state index contributed by atoms with van der Waals surface area (Å²) in [6, 6.07) is -0.722. The highest BCUT2D eigenvalue weighted by atomic mass is 16.5. The van der Waals surface area contributed by atoms with Gasteiger partial charge >= 0.3 is 5.97 Å². The van der Waals surface area contributed by atoms with Crippen molar-refractivity contribution in [1.82, 2.24) is 5.32 Å². The average Bonchev–Trinajstić information content (AvgIpc) is 3.23. The third-order valence-corrected chi connectivity index (χ3v) is 10.5. The van der Waals surface area contributed by atoms with Crippen molar-refractivity contribution in [2.45, 2.75) is 232 Å². The first-order valence-corrected chi connectivity index (χ1v) is 24.3. The van der Waals surface area contributed by atoms with Gasteiger partial charge in [0.25, 0.3) is 0 Å². The van der Waals surface area contributed by atoms with E-state index in [2.05, 4.69) is 111 Å². The number of carbonyl (C=O) groups is 2. The van der Waals surface area contributed by atoms with Gasteiger partial charge in [-0.3, -0.25) is 9.59 Å². The summed E-state index contributed by atoms with van der Waals surface area (Å²) in [6.07, 6.45) is 59.3. The van der Waals surface area contributed by atoms with Gasteiger partial charge in [-0.1, -0.05) is 202 Å². The van der Waals surface area contributed by atoms with Crippen molar-refractivity contribution in [2.24, 2.45) is 0 Å². The molecule has 0 aliphatic rings. The Balaban J connectivity index is 4.72. The maximum atomic E-state index is 13.2. The number of rotatable bonds is 42. The Bertz CT molecular complexity index is 1150. The molecule has 338 valence electrons. The van der Waals surface area contributed by atoms with E-state index in [1.54, 1.807) is 0 Å². The lowest BCUT2D eigenvalue weighted by Crippen LogP contribution is -2.46. The molecule has 6 heteroatoms. The fourth-order valence-electron chi connectivity index (χ4n) is 6.83. The first-order valence-electron chi connectivity index (χ1n) is 24.3. The Hall–Kier alpha value is -2.96. The van der Waals surface area contributed by atoms with Crippen LogP contribution in [0.2, 0.25) is 0 Å². The van der Waals surface area contributed by atoms with Crippen LogP contribution in [0.5, 0.6) is 0 Å². The second-order valence-corrected chi connectivity index (χ2v) is 16.2. The van der Waals surface area contributed by atoms with Crippen molar-refractivity contribution in [1.29, 1.82) is 0 Å². The lowest BCUT2D eigenvalue weighted by molar-refractivity contribution is -0.151. The molecule has 0 aliphatic carbocycles. The van der Waals surface area contributed by atoms with E-state index in [0.717, 1.165) is 89.9 Å². The highest BCUT2D eigenvalue weighted by Gasteiger charge is 2.24. The van der Waals surface area contributed by atoms with Gasteiger partial charge in [-0.15, -0.1) is 0 Å². The number of aliphatic hydroxyl groups excluding tert-OH is 2. The smallest absolute Gasteiger partial charge is 0.306 e. The number of carbonyl (C=O) groups excluding carboxylic acids is 2. The van der Waals surface area contributed by atoms with Crippen molar-refractivity contribution in [2.75, 3.05) is 6.61 Å². The van der Waals surface area contributed by atoms with Gasteiger partial charge in [0.05, 0.1) is 25.2 Å². The molecule has 3 atom stereocenters. The molecule has 59 heavy (non-hydrogen) atoms. The number of esters is 1. The lowest BCUT2D eigenvalue weighted by atomic mass is 10.0. The Labute approximate surface area is 363 Å². The van der Waals surface area contributed by atoms with Crippen LogP contribution in [-0.2, 0) is 14.3 Å². The second-order valence-electron chi connectivity index (χ2n) is 16.2. The number of unbranched alkanes of at least 4 members (excludes halogenated alkanes) is 18. The SMILES string of the molecule is CC/C=C/C=C/C=C/CCCCCCCC(CC(=O)NC(CO)C(O)CCCCCCCCCCCC)OC(=O)CCC/C=C\C/C=C\C/C=C\C/C=C\CCCCC. The number of amides is 1. The Kier molecular flexibility index (Phi) is 43.8. The molecule has 0 saturated heterocycles. The van der Waals surface area contributed by atoms with Gasteiger partial charge < -0.3 is 20.3 Å². The average molecular weight is 822 g/mol. The summed E-state index contributed by atoms with van der Waals surface area (Å²) < 4.78 is 5.88. The molecule has 0 saturated carbocycles. The number of hydrogen-bond acceptors (Lipinski definition) is 5. The predicted molar refractivity (Wildman–Crippen MR) is 254 cm³/mol. The van der Waals surface area contributed by atoms with Crippen molar-refractivity contribution < 1.29 is 24.5 Å². The van der Waals surface area contributed by atoms with E-state index in [1.807, 2.05) is 0 Å². The van der Waals surface area contributed by atoms with Crippen LogP contribution in [0.3, 0.4) is 0 Å². The molecule has 3 unspecified atom stereocenters. The molecule has 0 spiro atoms. The van der Waals surface area contributed by atoms with Crippen LogP contribution in [0.25, 0.3) is 0 Å². The standard InChI is InChI=1S/C53H91NO5/c1-4-7-10-13-16-19-22-24-25-26-27-29-31-34-37-40-43-46-53(58)59-49(44-41-38-35-32-30-28-23-20-17-14-11-8-5-2)47-52(57)54-50(48-55)51(56)45-42-39-36-33-21-18-15-12-9-6-3/h8,11,14,16-17,19-20,23-25,27,29,34,37,49-51,55-56H,4-7,9-10,12-13,15,18,21-22,26,28,30-33,35-36,38-48H2,1-3H3,(H,54,57)/b11-8+,17-14+,19-16-,23-20+,25-24-,29-27-,37-34-. The van der Waals surface area contributed by atoms with Gasteiger partial charge in [0.2, 0.25) is 5.91 Å². The molecule has 3 N–H and O–H groups in total. The van der Waals surface area contributed by atoms with Crippen LogP contribution >= 0.6 is 0 Å². The minimum absolute atomic E-state index is 0.0378. The van der Waals surface area contributed by atoms with Crippen LogP contribution < -0.4 is 5.32 Å². The zero-order valence-corrected chi connectivity index (χ0v) is 38.4. The third kappa shape index (κ3) is 41.6. The number of nitrogens with one attached hydrogen (secondary N) is 1. The minimum atomic E-state index is -0.805. The normalized spacial score (nSPS) is 14.1. The summed E-state index contributed by atoms with van der Waals surface area (Å²) in [5, 5.41) is 23.6. The lowest BCUT2D eigenvalue weighted by Gasteiger charge is -2.24. The monoisotopic (exact) mass is 822 g/mol. The van der Waals surface area contributed by atoms with Gasteiger partial charge in [-0.05, 0) is 83.5 Å². The second kappa shape index (κ2) is 46.1. The van der Waals surface area contributed by atoms with Crippen LogP contribution in [0.15, 0.2) is 85.1 Å². The molecular formula is C53H91NO5. The van der Waals surface area contributed by atoms with E-state index in [4.69, 9.17) is 4.74 Å². The van der Waals surface area contributed by atoms with Gasteiger partial charge in [0.1, 0.15) is 6.10 Å². The maximum Gasteiger partial charge on any atom is 0.306 e. The molecule has 0 aromatic heterocycles. The molecule has 0 heterocycles. The first kappa shape index (κ1) is 56.0. The molecule has 1 amide bonds. The van der Waals surface area contributed by atoms with E-state index in [-0.39, 0.29) is 24.9 Å². The van der Waals surface area contributed by atoms with E-state index < -0.39 is 18.2 Å². The van der Waals surface area contributed by atoms with E-state index in [0.29, 0.717) is 25.7 Å². The molecule has 0 rings (SSSR count). The number of allylic oxidation sites excluding steroid dienone is 14. The zero-order chi connectivity index (χ0) is 43.1. The summed E-state index contributed by atoms with van der Waals surface area (Å²) in [6.45, 7) is 6.28. The van der Waals surface area contributed by atoms with Gasteiger partial charge in [-0.2, -0.15) is 0 Å². The van der Waals surface area contributed by atoms with Crippen molar-refractivity contribution >= 4 is 11.9 Å². The highest BCUT2D eigenvalue weighted by molar-refractivity contribution is 5.77. The van der Waals surface area contributed by atoms with E-state index in [9.17, 15) is 19.8 Å². The largest absolute Gasteiger partial charge is 0.462 e. The summed E-state index contributed by atoms with van der Waals surface area (Å²) in [5.74, 6) is -0.569. The zero-order valence-electron chi connectivity index (χ0n) is 38.4. The molecule has 0 bridgehead atoms. The molecule has 0 aromatic carbocycles. The molecule has 0 aliphatic heterocycles. The topological polar surface area (TPSA) is 95.9 Å². The summed E-state index contributed by atoms with van der Waals surface area (Å²) in [7, 11) is 0. The van der Waals surface area contributed by atoms with Crippen LogP contribution in [0.1, 0.15) is 213 Å². The fraction of sp³-hybridized carbons (Fsp3) is 0.698. The van der Waals surface area contributed by atoms with Gasteiger partial charge in [-0.25, -0.2) is 0 Å². The summed E-state index contributed by atoms with van der Waals surface area (Å²) >= 11 is 0. The van der Waals surface area contributed by atoms with Gasteiger partial charge in [0, 0.05) is 6.42 Å². The van der Waals surface area contributed by atoms with E-state index in [1.165, 1.54) is 70.6 Å². The van der Waals surface area contributed by atoms with E-state index >= 15 is 0 Å². The summed E-state index contributed by atoms with van der Waals surface area (Å²) in [5.41, 5.74) is 0. The van der Waals surface area contributed by atoms with Gasteiger partial charge in [0.15, 0.2) is 0 Å². The van der Waals surface area contributed by atoms with Crippen LogP contribution in [0.4, 0.5) is 0 Å². The summed E-state index contributed by atoms with van der Waals surface area (Å²) in [4.78, 5) is 26.0. The molecule has 6 nitrogen and oxygen atoms in total. The van der Waals surface area contributed by atoms with Crippen LogP contribution in [-0.4, -0.2) is 46.9 Å². The maximum absolute atomic E-state index is 13.2. The molecular weight excluding hydrogens is 731 g/mol. The minimum Gasteiger partial charge on any atom is -0.462 e. The Morgan fingerprint density at radius 2 is 0.983 bits per heavy atom. The van der Waals surface area contributed by atoms with Crippen molar-refractivity contribution in [3.63, 3.8) is 0 Å². The molecule has 0 aromatic rings. The molecule has 0 radical (unpaired) electrons. The number of ether oxygens (including phenoxy) is 1.